The number of thiocarbonyl (C=S) groups is 1. The van der Waals surface area contributed by atoms with Crippen LogP contribution in [0.4, 0.5) is 11.4 Å². The molecule has 0 aliphatic carbocycles. The first kappa shape index (κ1) is 25.4. The molecule has 35 heavy (non-hydrogen) atoms. The van der Waals surface area contributed by atoms with Crippen LogP contribution < -0.4 is 15.5 Å². The zero-order valence-corrected chi connectivity index (χ0v) is 22.1. The van der Waals surface area contributed by atoms with E-state index in [-0.39, 0.29) is 11.8 Å². The maximum absolute atomic E-state index is 12.5. The summed E-state index contributed by atoms with van der Waals surface area (Å²) in [7, 11) is 4.05. The molecule has 3 heterocycles. The third-order valence-electron chi connectivity index (χ3n) is 6.58. The Labute approximate surface area is 216 Å². The summed E-state index contributed by atoms with van der Waals surface area (Å²) in [6, 6.07) is 8.23. The smallest absolute Gasteiger partial charge is 0.270 e. The van der Waals surface area contributed by atoms with Crippen LogP contribution in [0.25, 0.3) is 0 Å². The quantitative estimate of drug-likeness (QED) is 0.412. The number of hydrogen-bond donors (Lipinski definition) is 2. The number of aromatic nitrogens is 1. The summed E-state index contributed by atoms with van der Waals surface area (Å²) in [6.45, 7) is 3.82. The van der Waals surface area contributed by atoms with Gasteiger partial charge in [0.15, 0.2) is 5.11 Å². The van der Waals surface area contributed by atoms with E-state index < -0.39 is 0 Å². The summed E-state index contributed by atoms with van der Waals surface area (Å²) in [6.07, 6.45) is 4.28. The van der Waals surface area contributed by atoms with Crippen molar-refractivity contribution in [2.45, 2.75) is 38.0 Å². The molecule has 2 saturated heterocycles. The van der Waals surface area contributed by atoms with Crippen LogP contribution in [0.15, 0.2) is 29.6 Å². The summed E-state index contributed by atoms with van der Waals surface area (Å²) >= 11 is 7.21. The van der Waals surface area contributed by atoms with Crippen LogP contribution in [-0.2, 0) is 4.79 Å². The largest absolute Gasteiger partial charge is 0.378 e. The number of thiazole rings is 1. The van der Waals surface area contributed by atoms with Gasteiger partial charge in [-0.05, 0) is 62.2 Å². The van der Waals surface area contributed by atoms with Crippen molar-refractivity contribution in [2.24, 2.45) is 0 Å². The molecule has 2 N–H and O–H groups in total. The third kappa shape index (κ3) is 6.70. The normalized spacial score (nSPS) is 16.5. The van der Waals surface area contributed by atoms with Crippen LogP contribution in [0.2, 0.25) is 0 Å². The lowest BCUT2D eigenvalue weighted by Gasteiger charge is -2.33. The number of anilines is 2. The highest BCUT2D eigenvalue weighted by molar-refractivity contribution is 7.80. The minimum Gasteiger partial charge on any atom is -0.378 e. The number of amides is 2. The predicted octanol–water partition coefficient (Wildman–Crippen LogP) is 3.53. The summed E-state index contributed by atoms with van der Waals surface area (Å²) in [4.78, 5) is 34.9. The van der Waals surface area contributed by atoms with Crippen molar-refractivity contribution in [1.29, 1.82) is 0 Å². The lowest BCUT2D eigenvalue weighted by atomic mass is 9.98. The van der Waals surface area contributed by atoms with Crippen LogP contribution >= 0.6 is 23.6 Å². The van der Waals surface area contributed by atoms with E-state index in [0.717, 1.165) is 66.8 Å². The molecule has 10 heteroatoms. The number of carbonyl (C=O) groups excluding carboxylic acids is 2. The second-order valence-electron chi connectivity index (χ2n) is 9.30. The standard InChI is InChI=1S/C25H34N6O2S2/c1-29(2)20-8-6-19(7-9-20)27-25(34)31-15-10-18(11-16-31)24-28-21(17-35-24)23(33)26-12-4-14-30-13-3-5-22(30)32/h6-9,17-18H,3-5,10-16H2,1-2H3,(H,26,33)(H,27,34). The fourth-order valence-electron chi connectivity index (χ4n) is 4.46. The summed E-state index contributed by atoms with van der Waals surface area (Å²) < 4.78 is 0. The molecule has 188 valence electrons. The Hall–Kier alpha value is -2.72. The molecule has 0 atom stereocenters. The first-order chi connectivity index (χ1) is 16.9. The maximum atomic E-state index is 12.5. The maximum Gasteiger partial charge on any atom is 0.270 e. The van der Waals surface area contributed by atoms with E-state index >= 15 is 0 Å². The van der Waals surface area contributed by atoms with Crippen LogP contribution in [0, 0.1) is 0 Å². The Morgan fingerprint density at radius 1 is 1.20 bits per heavy atom. The molecule has 2 fully saturated rings. The average molecular weight is 515 g/mol. The van der Waals surface area contributed by atoms with Gasteiger partial charge in [-0.1, -0.05) is 0 Å². The second-order valence-corrected chi connectivity index (χ2v) is 10.6. The third-order valence-corrected chi connectivity index (χ3v) is 7.95. The molecule has 2 aliphatic heterocycles. The van der Waals surface area contributed by atoms with Gasteiger partial charge in [-0.25, -0.2) is 4.98 Å². The minimum absolute atomic E-state index is 0.136. The van der Waals surface area contributed by atoms with E-state index in [1.54, 1.807) is 11.3 Å². The van der Waals surface area contributed by atoms with Gasteiger partial charge < -0.3 is 25.3 Å². The van der Waals surface area contributed by atoms with E-state index in [0.29, 0.717) is 31.1 Å². The lowest BCUT2D eigenvalue weighted by Crippen LogP contribution is -2.40. The molecule has 0 saturated carbocycles. The molecule has 1 aromatic carbocycles. The first-order valence-electron chi connectivity index (χ1n) is 12.3. The average Bonchev–Trinajstić information content (AvgIpc) is 3.51. The van der Waals surface area contributed by atoms with Crippen LogP contribution in [0.3, 0.4) is 0 Å². The van der Waals surface area contributed by atoms with E-state index in [4.69, 9.17) is 12.2 Å². The molecular weight excluding hydrogens is 480 g/mol. The monoisotopic (exact) mass is 514 g/mol. The second kappa shape index (κ2) is 11.8. The van der Waals surface area contributed by atoms with Crippen LogP contribution in [-0.4, -0.2) is 78.5 Å². The number of benzene rings is 1. The molecule has 2 aromatic rings. The SMILES string of the molecule is CN(C)c1ccc(NC(=S)N2CCC(c3nc(C(=O)NCCCN4CCCC4=O)cs3)CC2)cc1. The van der Waals surface area contributed by atoms with Crippen molar-refractivity contribution in [3.05, 3.63) is 40.3 Å². The molecule has 8 nitrogen and oxygen atoms in total. The zero-order chi connectivity index (χ0) is 24.8. The molecule has 4 rings (SSSR count). The Balaban J connectivity index is 1.19. The lowest BCUT2D eigenvalue weighted by molar-refractivity contribution is -0.127. The van der Waals surface area contributed by atoms with Gasteiger partial charge in [-0.15, -0.1) is 11.3 Å². The van der Waals surface area contributed by atoms with E-state index in [2.05, 4.69) is 37.6 Å². The van der Waals surface area contributed by atoms with Gasteiger partial charge in [0.1, 0.15) is 5.69 Å². The summed E-state index contributed by atoms with van der Waals surface area (Å²) in [5, 5.41) is 9.91. The molecule has 0 unspecified atom stereocenters. The van der Waals surface area contributed by atoms with Gasteiger partial charge in [-0.3, -0.25) is 9.59 Å². The van der Waals surface area contributed by atoms with Gasteiger partial charge in [0.2, 0.25) is 5.91 Å². The molecule has 0 spiro atoms. The number of hydrogen-bond acceptors (Lipinski definition) is 6. The van der Waals surface area contributed by atoms with Crippen molar-refractivity contribution in [3.63, 3.8) is 0 Å². The van der Waals surface area contributed by atoms with E-state index in [1.807, 2.05) is 36.5 Å². The number of carbonyl (C=O) groups is 2. The number of nitrogens with one attached hydrogen (secondary N) is 2. The molecule has 0 bridgehead atoms. The van der Waals surface area contributed by atoms with Crippen molar-refractivity contribution in [1.82, 2.24) is 20.1 Å². The van der Waals surface area contributed by atoms with Gasteiger partial charge >= 0.3 is 0 Å². The van der Waals surface area contributed by atoms with Gasteiger partial charge in [-0.2, -0.15) is 0 Å². The number of likely N-dealkylation sites (tertiary alicyclic amines) is 2. The first-order valence-corrected chi connectivity index (χ1v) is 13.5. The van der Waals surface area contributed by atoms with E-state index in [9.17, 15) is 9.59 Å². The van der Waals surface area contributed by atoms with Crippen molar-refractivity contribution < 1.29 is 9.59 Å². The van der Waals surface area contributed by atoms with Gasteiger partial charge in [0.05, 0.1) is 5.01 Å². The van der Waals surface area contributed by atoms with Gasteiger partial charge in [0, 0.05) is 75.9 Å². The Morgan fingerprint density at radius 3 is 2.60 bits per heavy atom. The molecule has 0 radical (unpaired) electrons. The Bertz CT molecular complexity index is 1030. The predicted molar refractivity (Wildman–Crippen MR) is 145 cm³/mol. The fraction of sp³-hybridized carbons (Fsp3) is 0.520. The summed E-state index contributed by atoms with van der Waals surface area (Å²) in [5.41, 5.74) is 2.63. The van der Waals surface area contributed by atoms with Crippen molar-refractivity contribution >= 4 is 51.9 Å². The molecule has 1 aromatic heterocycles. The number of nitrogens with zero attached hydrogens (tertiary/aromatic N) is 4. The number of piperidine rings is 1. The van der Waals surface area contributed by atoms with Crippen molar-refractivity contribution in [2.75, 3.05) is 57.0 Å². The highest BCUT2D eigenvalue weighted by atomic mass is 32.1. The highest BCUT2D eigenvalue weighted by Crippen LogP contribution is 2.30. The fourth-order valence-corrected chi connectivity index (χ4v) is 5.73. The van der Waals surface area contributed by atoms with Crippen molar-refractivity contribution in [3.8, 4) is 0 Å². The Morgan fingerprint density at radius 2 is 1.94 bits per heavy atom. The Kier molecular flexibility index (Phi) is 8.56. The number of rotatable bonds is 8. The van der Waals surface area contributed by atoms with Gasteiger partial charge in [0.25, 0.3) is 5.91 Å². The van der Waals surface area contributed by atoms with E-state index in [1.165, 1.54) is 0 Å². The zero-order valence-electron chi connectivity index (χ0n) is 20.5. The topological polar surface area (TPSA) is 80.8 Å². The molecular formula is C25H34N6O2S2. The van der Waals surface area contributed by atoms with Crippen LogP contribution in [0.1, 0.15) is 53.5 Å². The summed E-state index contributed by atoms with van der Waals surface area (Å²) in [5.74, 6) is 0.436. The highest BCUT2D eigenvalue weighted by Gasteiger charge is 2.25. The molecule has 2 amide bonds. The molecule has 2 aliphatic rings. The minimum atomic E-state index is -0.136. The van der Waals surface area contributed by atoms with Crippen LogP contribution in [0.5, 0.6) is 0 Å².